The molecule has 11 heavy (non-hydrogen) atoms. The van der Waals surface area contributed by atoms with Crippen LogP contribution in [0, 0.1) is 5.92 Å². The third-order valence-electron chi connectivity index (χ3n) is 2.59. The molecule has 0 radical (unpaired) electrons. The van der Waals surface area contributed by atoms with Gasteiger partial charge in [-0.15, -0.1) is 0 Å². The van der Waals surface area contributed by atoms with Crippen LogP contribution in [0.5, 0.6) is 0 Å². The van der Waals surface area contributed by atoms with Crippen molar-refractivity contribution in [3.05, 3.63) is 0 Å². The van der Waals surface area contributed by atoms with Crippen molar-refractivity contribution in [3.63, 3.8) is 0 Å². The molecule has 0 N–H and O–H groups in total. The van der Waals surface area contributed by atoms with E-state index >= 15 is 0 Å². The first kappa shape index (κ1) is 8.76. The van der Waals surface area contributed by atoms with E-state index in [0.29, 0.717) is 5.78 Å². The third-order valence-corrected chi connectivity index (χ3v) is 2.59. The summed E-state index contributed by atoms with van der Waals surface area (Å²) in [5, 5.41) is 0. The SMILES string of the molecule is CCCC(=O)CCC1CCC1. The molecule has 0 aliphatic heterocycles. The van der Waals surface area contributed by atoms with Crippen molar-refractivity contribution in [1.82, 2.24) is 0 Å². The predicted octanol–water partition coefficient (Wildman–Crippen LogP) is 2.94. The first-order valence-corrected chi connectivity index (χ1v) is 4.84. The normalized spacial score (nSPS) is 17.9. The maximum Gasteiger partial charge on any atom is 0.132 e. The fourth-order valence-corrected chi connectivity index (χ4v) is 1.55. The predicted molar refractivity (Wildman–Crippen MR) is 46.5 cm³/mol. The van der Waals surface area contributed by atoms with Crippen molar-refractivity contribution in [2.45, 2.75) is 51.9 Å². The monoisotopic (exact) mass is 154 g/mol. The van der Waals surface area contributed by atoms with E-state index in [1.807, 2.05) is 0 Å². The summed E-state index contributed by atoms with van der Waals surface area (Å²) >= 11 is 0. The first-order chi connectivity index (χ1) is 5.33. The van der Waals surface area contributed by atoms with E-state index in [1.165, 1.54) is 25.7 Å². The Hall–Kier alpha value is -0.330. The van der Waals surface area contributed by atoms with Crippen molar-refractivity contribution >= 4 is 5.78 Å². The highest BCUT2D eigenvalue weighted by Gasteiger charge is 2.17. The van der Waals surface area contributed by atoms with E-state index in [2.05, 4.69) is 6.92 Å². The van der Waals surface area contributed by atoms with Gasteiger partial charge in [0.05, 0.1) is 0 Å². The summed E-state index contributed by atoms with van der Waals surface area (Å²) < 4.78 is 0. The zero-order valence-corrected chi connectivity index (χ0v) is 7.44. The second-order valence-electron chi connectivity index (χ2n) is 3.62. The number of carbonyl (C=O) groups is 1. The maximum absolute atomic E-state index is 11.1. The van der Waals surface area contributed by atoms with Crippen LogP contribution in [-0.2, 0) is 4.79 Å². The highest BCUT2D eigenvalue weighted by Crippen LogP contribution is 2.30. The van der Waals surface area contributed by atoms with Crippen LogP contribution in [0.3, 0.4) is 0 Å². The second kappa shape index (κ2) is 4.53. The number of hydrogen-bond acceptors (Lipinski definition) is 1. The number of ketones is 1. The quantitative estimate of drug-likeness (QED) is 0.595. The van der Waals surface area contributed by atoms with Gasteiger partial charge in [0.15, 0.2) is 0 Å². The van der Waals surface area contributed by atoms with Gasteiger partial charge in [-0.2, -0.15) is 0 Å². The van der Waals surface area contributed by atoms with Gasteiger partial charge in [0, 0.05) is 12.8 Å². The molecule has 0 amide bonds. The lowest BCUT2D eigenvalue weighted by Crippen LogP contribution is -2.12. The first-order valence-electron chi connectivity index (χ1n) is 4.84. The molecule has 0 aromatic heterocycles. The Labute approximate surface area is 69.2 Å². The van der Waals surface area contributed by atoms with Crippen LogP contribution in [0.4, 0.5) is 0 Å². The fourth-order valence-electron chi connectivity index (χ4n) is 1.55. The molecule has 0 atom stereocenters. The molecule has 1 fully saturated rings. The van der Waals surface area contributed by atoms with Gasteiger partial charge in [0.25, 0.3) is 0 Å². The van der Waals surface area contributed by atoms with Gasteiger partial charge in [-0.05, 0) is 18.8 Å². The molecule has 0 saturated heterocycles. The lowest BCUT2D eigenvalue weighted by Gasteiger charge is -2.24. The average molecular weight is 154 g/mol. The number of Topliss-reactive ketones (excluding diaryl/α,β-unsaturated/α-hetero) is 1. The molecule has 0 heterocycles. The highest BCUT2D eigenvalue weighted by molar-refractivity contribution is 5.78. The van der Waals surface area contributed by atoms with Crippen LogP contribution in [-0.4, -0.2) is 5.78 Å². The van der Waals surface area contributed by atoms with Crippen LogP contribution in [0.2, 0.25) is 0 Å². The van der Waals surface area contributed by atoms with E-state index in [0.717, 1.165) is 25.2 Å². The Morgan fingerprint density at radius 2 is 2.09 bits per heavy atom. The Bertz CT molecular complexity index is 125. The molecule has 0 unspecified atom stereocenters. The van der Waals surface area contributed by atoms with Gasteiger partial charge in [-0.3, -0.25) is 4.79 Å². The zero-order valence-electron chi connectivity index (χ0n) is 7.44. The molecule has 1 nitrogen and oxygen atoms in total. The zero-order chi connectivity index (χ0) is 8.10. The topological polar surface area (TPSA) is 17.1 Å². The lowest BCUT2D eigenvalue weighted by molar-refractivity contribution is -0.119. The minimum atomic E-state index is 0.472. The van der Waals surface area contributed by atoms with Crippen LogP contribution < -0.4 is 0 Å². The summed E-state index contributed by atoms with van der Waals surface area (Å²) in [6.07, 6.45) is 7.97. The van der Waals surface area contributed by atoms with Crippen LogP contribution in [0.15, 0.2) is 0 Å². The summed E-state index contributed by atoms with van der Waals surface area (Å²) in [6, 6.07) is 0. The number of carbonyl (C=O) groups excluding carboxylic acids is 1. The minimum absolute atomic E-state index is 0.472. The lowest BCUT2D eigenvalue weighted by atomic mass is 9.81. The van der Waals surface area contributed by atoms with E-state index in [9.17, 15) is 4.79 Å². The Morgan fingerprint density at radius 1 is 1.36 bits per heavy atom. The Balaban J connectivity index is 1.96. The summed E-state index contributed by atoms with van der Waals surface area (Å²) in [6.45, 7) is 2.07. The van der Waals surface area contributed by atoms with Crippen molar-refractivity contribution in [3.8, 4) is 0 Å². The van der Waals surface area contributed by atoms with Gasteiger partial charge in [0.2, 0.25) is 0 Å². The van der Waals surface area contributed by atoms with Gasteiger partial charge < -0.3 is 0 Å². The fraction of sp³-hybridized carbons (Fsp3) is 0.900. The smallest absolute Gasteiger partial charge is 0.132 e. The maximum atomic E-state index is 11.1. The van der Waals surface area contributed by atoms with E-state index < -0.39 is 0 Å². The summed E-state index contributed by atoms with van der Waals surface area (Å²) in [4.78, 5) is 11.1. The molecule has 0 spiro atoms. The third kappa shape index (κ3) is 3.04. The van der Waals surface area contributed by atoms with E-state index in [1.54, 1.807) is 0 Å². The van der Waals surface area contributed by atoms with Crippen molar-refractivity contribution in [1.29, 1.82) is 0 Å². The van der Waals surface area contributed by atoms with Gasteiger partial charge in [-0.25, -0.2) is 0 Å². The number of hydrogen-bond donors (Lipinski definition) is 0. The van der Waals surface area contributed by atoms with Gasteiger partial charge >= 0.3 is 0 Å². The summed E-state index contributed by atoms with van der Waals surface area (Å²) in [5.74, 6) is 1.37. The molecule has 0 aromatic rings. The molecule has 1 heteroatoms. The Morgan fingerprint density at radius 3 is 2.55 bits per heavy atom. The van der Waals surface area contributed by atoms with E-state index in [-0.39, 0.29) is 0 Å². The molecular weight excluding hydrogens is 136 g/mol. The minimum Gasteiger partial charge on any atom is -0.300 e. The van der Waals surface area contributed by atoms with Crippen LogP contribution in [0.25, 0.3) is 0 Å². The van der Waals surface area contributed by atoms with Crippen LogP contribution in [0.1, 0.15) is 51.9 Å². The standard InChI is InChI=1S/C10H18O/c1-2-4-10(11)8-7-9-5-3-6-9/h9H,2-8H2,1H3. The average Bonchev–Trinajstić information content (AvgIpc) is 1.85. The van der Waals surface area contributed by atoms with Crippen molar-refractivity contribution in [2.75, 3.05) is 0 Å². The molecule has 1 aliphatic carbocycles. The second-order valence-corrected chi connectivity index (χ2v) is 3.62. The summed E-state index contributed by atoms with van der Waals surface area (Å²) in [7, 11) is 0. The molecule has 0 bridgehead atoms. The molecule has 1 rings (SSSR count). The highest BCUT2D eigenvalue weighted by atomic mass is 16.1. The Kier molecular flexibility index (Phi) is 3.61. The van der Waals surface area contributed by atoms with Gasteiger partial charge in [-0.1, -0.05) is 26.2 Å². The molecular formula is C10H18O. The molecule has 1 saturated carbocycles. The molecule has 64 valence electrons. The number of rotatable bonds is 5. The summed E-state index contributed by atoms with van der Waals surface area (Å²) in [5.41, 5.74) is 0. The molecule has 0 aromatic carbocycles. The van der Waals surface area contributed by atoms with E-state index in [4.69, 9.17) is 0 Å². The molecule has 1 aliphatic rings. The van der Waals surface area contributed by atoms with Crippen molar-refractivity contribution in [2.24, 2.45) is 5.92 Å². The van der Waals surface area contributed by atoms with Gasteiger partial charge in [0.1, 0.15) is 5.78 Å². The largest absolute Gasteiger partial charge is 0.300 e. The van der Waals surface area contributed by atoms with Crippen LogP contribution >= 0.6 is 0 Å². The van der Waals surface area contributed by atoms with Crippen molar-refractivity contribution < 1.29 is 4.79 Å².